The summed E-state index contributed by atoms with van der Waals surface area (Å²) in [6, 6.07) is 11.1. The highest BCUT2D eigenvalue weighted by molar-refractivity contribution is 5.29. The maximum atomic E-state index is 13.7. The highest BCUT2D eigenvalue weighted by Crippen LogP contribution is 2.21. The molecule has 0 heterocycles. The van der Waals surface area contributed by atoms with E-state index >= 15 is 0 Å². The molecule has 0 radical (unpaired) electrons. The first-order chi connectivity index (χ1) is 9.56. The van der Waals surface area contributed by atoms with Crippen LogP contribution in [-0.2, 0) is 6.42 Å². The molecule has 20 heavy (non-hydrogen) atoms. The van der Waals surface area contributed by atoms with Gasteiger partial charge in [0.2, 0.25) is 0 Å². The molecule has 0 saturated carbocycles. The smallest absolute Gasteiger partial charge is 0.131 e. The zero-order valence-corrected chi connectivity index (χ0v) is 11.3. The molecule has 0 aliphatic heterocycles. The van der Waals surface area contributed by atoms with Gasteiger partial charge in [-0.1, -0.05) is 18.2 Å². The van der Waals surface area contributed by atoms with Gasteiger partial charge in [0.1, 0.15) is 17.3 Å². The minimum atomic E-state index is -0.408. The Kier molecular flexibility index (Phi) is 4.58. The summed E-state index contributed by atoms with van der Waals surface area (Å²) < 4.78 is 13.7. The van der Waals surface area contributed by atoms with E-state index in [1.165, 1.54) is 6.07 Å². The number of halogens is 1. The zero-order valence-electron chi connectivity index (χ0n) is 11.3. The lowest BCUT2D eigenvalue weighted by molar-refractivity contribution is 0.463. The first-order valence-electron chi connectivity index (χ1n) is 6.56. The third-order valence-corrected chi connectivity index (χ3v) is 3.25. The van der Waals surface area contributed by atoms with E-state index < -0.39 is 5.82 Å². The quantitative estimate of drug-likeness (QED) is 0.785. The zero-order chi connectivity index (χ0) is 14.5. The molecule has 2 aromatic rings. The first-order valence-corrected chi connectivity index (χ1v) is 6.56. The molecule has 0 spiro atoms. The Bertz CT molecular complexity index is 569. The predicted molar refractivity (Wildman–Crippen MR) is 76.3 cm³/mol. The summed E-state index contributed by atoms with van der Waals surface area (Å²) in [7, 11) is 0. The molecule has 0 bridgehead atoms. The number of rotatable bonds is 5. The molecule has 3 N–H and O–H groups in total. The largest absolute Gasteiger partial charge is 0.508 e. The molecule has 1 atom stereocenters. The number of phenols is 2. The van der Waals surface area contributed by atoms with Gasteiger partial charge in [-0.2, -0.15) is 0 Å². The molecule has 0 aromatic heterocycles. The summed E-state index contributed by atoms with van der Waals surface area (Å²) in [6.45, 7) is 2.58. The number of hydrogen-bond acceptors (Lipinski definition) is 3. The van der Waals surface area contributed by atoms with E-state index in [1.54, 1.807) is 18.2 Å². The second-order valence-electron chi connectivity index (χ2n) is 4.80. The minimum Gasteiger partial charge on any atom is -0.508 e. The molecule has 106 valence electrons. The van der Waals surface area contributed by atoms with Gasteiger partial charge in [-0.3, -0.25) is 0 Å². The van der Waals surface area contributed by atoms with Crippen LogP contribution in [0.3, 0.4) is 0 Å². The molecular formula is C16H18FNO2. The van der Waals surface area contributed by atoms with Gasteiger partial charge in [-0.15, -0.1) is 0 Å². The number of hydrogen-bond donors (Lipinski definition) is 3. The van der Waals surface area contributed by atoms with Gasteiger partial charge in [-0.05, 0) is 43.7 Å². The van der Waals surface area contributed by atoms with Gasteiger partial charge in [-0.25, -0.2) is 4.39 Å². The summed E-state index contributed by atoms with van der Waals surface area (Å²) >= 11 is 0. The average molecular weight is 275 g/mol. The molecule has 2 rings (SSSR count). The van der Waals surface area contributed by atoms with Crippen LogP contribution in [0.5, 0.6) is 11.5 Å². The van der Waals surface area contributed by atoms with Crippen molar-refractivity contribution in [2.45, 2.75) is 19.4 Å². The summed E-state index contributed by atoms with van der Waals surface area (Å²) in [5, 5.41) is 21.6. The summed E-state index contributed by atoms with van der Waals surface area (Å²) in [4.78, 5) is 0. The lowest BCUT2D eigenvalue weighted by Crippen LogP contribution is -2.22. The van der Waals surface area contributed by atoms with Gasteiger partial charge in [0, 0.05) is 17.7 Å². The van der Waals surface area contributed by atoms with Crippen molar-refractivity contribution < 1.29 is 14.6 Å². The fraction of sp³-hybridized carbons (Fsp3) is 0.250. The maximum absolute atomic E-state index is 13.7. The Morgan fingerprint density at radius 1 is 1.05 bits per heavy atom. The van der Waals surface area contributed by atoms with Crippen molar-refractivity contribution in [2.75, 3.05) is 6.54 Å². The normalized spacial score (nSPS) is 12.3. The Morgan fingerprint density at radius 2 is 1.70 bits per heavy atom. The number of phenolic OH excluding ortho intramolecular Hbond substituents is 2. The van der Waals surface area contributed by atoms with Gasteiger partial charge in [0.05, 0.1) is 0 Å². The number of aromatic hydroxyl groups is 2. The minimum absolute atomic E-state index is 0.0671. The molecule has 0 saturated heterocycles. The van der Waals surface area contributed by atoms with E-state index in [4.69, 9.17) is 0 Å². The van der Waals surface area contributed by atoms with Crippen molar-refractivity contribution in [3.05, 3.63) is 59.4 Å². The molecule has 2 aromatic carbocycles. The van der Waals surface area contributed by atoms with Crippen LogP contribution in [0.15, 0.2) is 42.5 Å². The fourth-order valence-electron chi connectivity index (χ4n) is 2.07. The SMILES string of the molecule is CC(NCCc1ccc(O)cc1)c1ccc(O)cc1F. The van der Waals surface area contributed by atoms with E-state index in [-0.39, 0.29) is 17.5 Å². The van der Waals surface area contributed by atoms with E-state index in [2.05, 4.69) is 5.32 Å². The summed E-state index contributed by atoms with van der Waals surface area (Å²) in [6.07, 6.45) is 0.796. The van der Waals surface area contributed by atoms with Crippen LogP contribution in [0.2, 0.25) is 0 Å². The molecular weight excluding hydrogens is 257 g/mol. The van der Waals surface area contributed by atoms with Crippen LogP contribution >= 0.6 is 0 Å². The summed E-state index contributed by atoms with van der Waals surface area (Å²) in [5.74, 6) is -0.224. The third-order valence-electron chi connectivity index (χ3n) is 3.25. The molecule has 0 aliphatic rings. The predicted octanol–water partition coefficient (Wildman–Crippen LogP) is 3.13. The fourth-order valence-corrected chi connectivity index (χ4v) is 2.07. The Morgan fingerprint density at radius 3 is 2.35 bits per heavy atom. The molecule has 1 unspecified atom stereocenters. The third kappa shape index (κ3) is 3.71. The van der Waals surface area contributed by atoms with Gasteiger partial charge < -0.3 is 15.5 Å². The molecule has 4 heteroatoms. The summed E-state index contributed by atoms with van der Waals surface area (Å²) in [5.41, 5.74) is 1.64. The van der Waals surface area contributed by atoms with E-state index in [1.807, 2.05) is 19.1 Å². The van der Waals surface area contributed by atoms with Crippen LogP contribution in [0.4, 0.5) is 4.39 Å². The van der Waals surface area contributed by atoms with Gasteiger partial charge in [0.25, 0.3) is 0 Å². The van der Waals surface area contributed by atoms with Crippen molar-refractivity contribution in [1.29, 1.82) is 0 Å². The van der Waals surface area contributed by atoms with Crippen LogP contribution in [0.25, 0.3) is 0 Å². The standard InChI is InChI=1S/C16H18FNO2/c1-11(15-7-6-14(20)10-16(15)17)18-9-8-12-2-4-13(19)5-3-12/h2-7,10-11,18-20H,8-9H2,1H3. The van der Waals surface area contributed by atoms with Crippen LogP contribution < -0.4 is 5.32 Å². The molecule has 3 nitrogen and oxygen atoms in total. The first kappa shape index (κ1) is 14.3. The number of benzene rings is 2. The van der Waals surface area contributed by atoms with Crippen molar-refractivity contribution in [3.8, 4) is 11.5 Å². The van der Waals surface area contributed by atoms with E-state index in [9.17, 15) is 14.6 Å². The number of nitrogens with one attached hydrogen (secondary N) is 1. The van der Waals surface area contributed by atoms with Crippen molar-refractivity contribution in [1.82, 2.24) is 5.32 Å². The van der Waals surface area contributed by atoms with Gasteiger partial charge in [0.15, 0.2) is 0 Å². The Labute approximate surface area is 117 Å². The van der Waals surface area contributed by atoms with Gasteiger partial charge >= 0.3 is 0 Å². The van der Waals surface area contributed by atoms with Crippen molar-refractivity contribution >= 4 is 0 Å². The van der Waals surface area contributed by atoms with Crippen molar-refractivity contribution in [2.24, 2.45) is 0 Å². The second-order valence-corrected chi connectivity index (χ2v) is 4.80. The van der Waals surface area contributed by atoms with Crippen molar-refractivity contribution in [3.63, 3.8) is 0 Å². The Hall–Kier alpha value is -2.07. The van der Waals surface area contributed by atoms with Crippen LogP contribution in [0.1, 0.15) is 24.1 Å². The van der Waals surface area contributed by atoms with E-state index in [0.29, 0.717) is 12.1 Å². The second kappa shape index (κ2) is 6.39. The molecule has 0 fully saturated rings. The lowest BCUT2D eigenvalue weighted by atomic mass is 10.1. The monoisotopic (exact) mass is 275 g/mol. The highest BCUT2D eigenvalue weighted by atomic mass is 19.1. The molecule has 0 amide bonds. The highest BCUT2D eigenvalue weighted by Gasteiger charge is 2.10. The lowest BCUT2D eigenvalue weighted by Gasteiger charge is -2.15. The maximum Gasteiger partial charge on any atom is 0.131 e. The van der Waals surface area contributed by atoms with Crippen LogP contribution in [0, 0.1) is 5.82 Å². The molecule has 0 aliphatic carbocycles. The van der Waals surface area contributed by atoms with E-state index in [0.717, 1.165) is 18.1 Å². The average Bonchev–Trinajstić information content (AvgIpc) is 2.41. The Balaban J connectivity index is 1.88. The topological polar surface area (TPSA) is 52.5 Å². The van der Waals surface area contributed by atoms with Crippen LogP contribution in [-0.4, -0.2) is 16.8 Å².